The van der Waals surface area contributed by atoms with Crippen LogP contribution in [-0.2, 0) is 11.3 Å². The molecule has 0 saturated carbocycles. The van der Waals surface area contributed by atoms with E-state index in [1.54, 1.807) is 4.90 Å². The van der Waals surface area contributed by atoms with Crippen LogP contribution in [0.1, 0.15) is 31.2 Å². The van der Waals surface area contributed by atoms with Crippen molar-refractivity contribution in [1.29, 1.82) is 0 Å². The number of likely N-dealkylation sites (tertiary alicyclic amines) is 2. The maximum Gasteiger partial charge on any atom is 0.261 e. The number of amides is 1. The van der Waals surface area contributed by atoms with E-state index in [1.165, 1.54) is 5.56 Å². The van der Waals surface area contributed by atoms with Crippen LogP contribution in [0.2, 0.25) is 0 Å². The molecule has 0 N–H and O–H groups in total. The Morgan fingerprint density at radius 1 is 1.10 bits per heavy atom. The standard InChI is InChI=1S/C17H23FN2O/c18-17(16(21)20-11-4-5-12-20)9-6-10-19(14-17)13-15-7-2-1-3-8-15/h1-3,7-8H,4-6,9-14H2. The first kappa shape index (κ1) is 14.5. The van der Waals surface area contributed by atoms with Crippen molar-refractivity contribution < 1.29 is 9.18 Å². The lowest BCUT2D eigenvalue weighted by Crippen LogP contribution is -2.54. The Bertz CT molecular complexity index is 487. The third-order valence-corrected chi connectivity index (χ3v) is 4.55. The number of hydrogen-bond acceptors (Lipinski definition) is 2. The smallest absolute Gasteiger partial charge is 0.261 e. The first-order valence-corrected chi connectivity index (χ1v) is 7.92. The molecule has 2 aliphatic rings. The molecule has 0 radical (unpaired) electrons. The quantitative estimate of drug-likeness (QED) is 0.854. The summed E-state index contributed by atoms with van der Waals surface area (Å²) in [6.07, 6.45) is 3.14. The lowest BCUT2D eigenvalue weighted by Gasteiger charge is -2.38. The number of carbonyl (C=O) groups is 1. The molecule has 1 aromatic rings. The van der Waals surface area contributed by atoms with E-state index in [2.05, 4.69) is 17.0 Å². The summed E-state index contributed by atoms with van der Waals surface area (Å²) < 4.78 is 15.1. The molecule has 1 atom stereocenters. The number of hydrogen-bond donors (Lipinski definition) is 0. The lowest BCUT2D eigenvalue weighted by molar-refractivity contribution is -0.147. The molecule has 3 rings (SSSR count). The second-order valence-electron chi connectivity index (χ2n) is 6.26. The first-order valence-electron chi connectivity index (χ1n) is 7.92. The second kappa shape index (κ2) is 6.14. The van der Waals surface area contributed by atoms with E-state index in [1.807, 2.05) is 18.2 Å². The van der Waals surface area contributed by atoms with Crippen LogP contribution in [-0.4, -0.2) is 47.6 Å². The van der Waals surface area contributed by atoms with Crippen LogP contribution in [0.5, 0.6) is 0 Å². The third kappa shape index (κ3) is 3.26. The maximum absolute atomic E-state index is 15.1. The Morgan fingerprint density at radius 3 is 2.52 bits per heavy atom. The molecular formula is C17H23FN2O. The van der Waals surface area contributed by atoms with Gasteiger partial charge in [0, 0.05) is 26.2 Å². The van der Waals surface area contributed by atoms with Crippen LogP contribution < -0.4 is 0 Å². The molecule has 0 bridgehead atoms. The van der Waals surface area contributed by atoms with E-state index in [0.29, 0.717) is 6.42 Å². The maximum atomic E-state index is 15.1. The minimum atomic E-state index is -1.68. The van der Waals surface area contributed by atoms with Crippen molar-refractivity contribution in [2.45, 2.75) is 37.9 Å². The molecular weight excluding hydrogens is 267 g/mol. The summed E-state index contributed by atoms with van der Waals surface area (Å²) >= 11 is 0. The van der Waals surface area contributed by atoms with Gasteiger partial charge in [0.05, 0.1) is 0 Å². The minimum Gasteiger partial charge on any atom is -0.340 e. The van der Waals surface area contributed by atoms with E-state index in [0.717, 1.165) is 45.4 Å². The number of alkyl halides is 1. The van der Waals surface area contributed by atoms with Gasteiger partial charge in [0.25, 0.3) is 5.91 Å². The van der Waals surface area contributed by atoms with Crippen LogP contribution in [0.15, 0.2) is 30.3 Å². The van der Waals surface area contributed by atoms with Gasteiger partial charge in [0.1, 0.15) is 0 Å². The fraction of sp³-hybridized carbons (Fsp3) is 0.588. The second-order valence-corrected chi connectivity index (χ2v) is 6.26. The molecule has 1 aromatic carbocycles. The van der Waals surface area contributed by atoms with Gasteiger partial charge in [-0.15, -0.1) is 0 Å². The number of nitrogens with zero attached hydrogens (tertiary/aromatic N) is 2. The molecule has 21 heavy (non-hydrogen) atoms. The SMILES string of the molecule is O=C(N1CCCC1)C1(F)CCCN(Cc2ccccc2)C1. The first-order chi connectivity index (χ1) is 10.2. The summed E-state index contributed by atoms with van der Waals surface area (Å²) in [5.74, 6) is -0.280. The van der Waals surface area contributed by atoms with Crippen LogP contribution in [0.3, 0.4) is 0 Å². The Kier molecular flexibility index (Phi) is 4.24. The molecule has 1 amide bonds. The number of piperidine rings is 1. The molecule has 0 aliphatic carbocycles. The number of benzene rings is 1. The highest BCUT2D eigenvalue weighted by molar-refractivity contribution is 5.85. The number of rotatable bonds is 3. The van der Waals surface area contributed by atoms with E-state index in [4.69, 9.17) is 0 Å². The summed E-state index contributed by atoms with van der Waals surface area (Å²) in [4.78, 5) is 16.2. The molecule has 2 heterocycles. The monoisotopic (exact) mass is 290 g/mol. The van der Waals surface area contributed by atoms with Gasteiger partial charge >= 0.3 is 0 Å². The Balaban J connectivity index is 1.65. The number of halogens is 1. The van der Waals surface area contributed by atoms with Gasteiger partial charge < -0.3 is 4.90 Å². The van der Waals surface area contributed by atoms with Gasteiger partial charge in [-0.2, -0.15) is 0 Å². The molecule has 0 aromatic heterocycles. The Labute approximate surface area is 125 Å². The predicted octanol–water partition coefficient (Wildman–Crippen LogP) is 2.61. The van der Waals surface area contributed by atoms with Gasteiger partial charge in [0.15, 0.2) is 0 Å². The Morgan fingerprint density at radius 2 is 1.81 bits per heavy atom. The van der Waals surface area contributed by atoms with Gasteiger partial charge in [-0.1, -0.05) is 30.3 Å². The van der Waals surface area contributed by atoms with Crippen molar-refractivity contribution in [3.63, 3.8) is 0 Å². The number of carbonyl (C=O) groups excluding carboxylic acids is 1. The van der Waals surface area contributed by atoms with Crippen molar-refractivity contribution in [1.82, 2.24) is 9.80 Å². The summed E-state index contributed by atoms with van der Waals surface area (Å²) in [6.45, 7) is 3.28. The van der Waals surface area contributed by atoms with Gasteiger partial charge in [-0.3, -0.25) is 9.69 Å². The van der Waals surface area contributed by atoms with E-state index in [9.17, 15) is 4.79 Å². The van der Waals surface area contributed by atoms with Gasteiger partial charge in [0.2, 0.25) is 5.67 Å². The van der Waals surface area contributed by atoms with E-state index in [-0.39, 0.29) is 12.5 Å². The van der Waals surface area contributed by atoms with Crippen LogP contribution in [0.4, 0.5) is 4.39 Å². The van der Waals surface area contributed by atoms with Crippen molar-refractivity contribution in [2.75, 3.05) is 26.2 Å². The molecule has 2 aliphatic heterocycles. The highest BCUT2D eigenvalue weighted by Gasteiger charge is 2.45. The zero-order valence-electron chi connectivity index (χ0n) is 12.4. The van der Waals surface area contributed by atoms with E-state index >= 15 is 4.39 Å². The van der Waals surface area contributed by atoms with Crippen LogP contribution >= 0.6 is 0 Å². The topological polar surface area (TPSA) is 23.6 Å². The highest BCUT2D eigenvalue weighted by atomic mass is 19.1. The largest absolute Gasteiger partial charge is 0.340 e. The molecule has 3 nitrogen and oxygen atoms in total. The normalized spacial score (nSPS) is 27.0. The average molecular weight is 290 g/mol. The zero-order chi connectivity index (χ0) is 14.7. The van der Waals surface area contributed by atoms with Crippen LogP contribution in [0.25, 0.3) is 0 Å². The third-order valence-electron chi connectivity index (χ3n) is 4.55. The van der Waals surface area contributed by atoms with Gasteiger partial charge in [-0.05, 0) is 37.8 Å². The van der Waals surface area contributed by atoms with Gasteiger partial charge in [-0.25, -0.2) is 4.39 Å². The van der Waals surface area contributed by atoms with Crippen molar-refractivity contribution in [3.8, 4) is 0 Å². The lowest BCUT2D eigenvalue weighted by atomic mass is 9.92. The Hall–Kier alpha value is -1.42. The summed E-state index contributed by atoms with van der Waals surface area (Å²) in [5, 5.41) is 0. The fourth-order valence-electron chi connectivity index (χ4n) is 3.45. The predicted molar refractivity (Wildman–Crippen MR) is 80.6 cm³/mol. The molecule has 1 unspecified atom stereocenters. The molecule has 114 valence electrons. The summed E-state index contributed by atoms with van der Waals surface area (Å²) in [5.41, 5.74) is -0.507. The molecule has 2 fully saturated rings. The van der Waals surface area contributed by atoms with Crippen LogP contribution in [0, 0.1) is 0 Å². The molecule has 4 heteroatoms. The molecule has 0 spiro atoms. The summed E-state index contributed by atoms with van der Waals surface area (Å²) in [7, 11) is 0. The zero-order valence-corrected chi connectivity index (χ0v) is 12.4. The van der Waals surface area contributed by atoms with Crippen molar-refractivity contribution >= 4 is 5.91 Å². The average Bonchev–Trinajstić information content (AvgIpc) is 3.02. The van der Waals surface area contributed by atoms with Crippen molar-refractivity contribution in [3.05, 3.63) is 35.9 Å². The summed E-state index contributed by atoms with van der Waals surface area (Å²) in [6, 6.07) is 10.1. The van der Waals surface area contributed by atoms with Crippen molar-refractivity contribution in [2.24, 2.45) is 0 Å². The molecule has 2 saturated heterocycles. The fourth-order valence-corrected chi connectivity index (χ4v) is 3.45. The highest BCUT2D eigenvalue weighted by Crippen LogP contribution is 2.29. The minimum absolute atomic E-state index is 0.233. The van der Waals surface area contributed by atoms with E-state index < -0.39 is 5.67 Å².